The van der Waals surface area contributed by atoms with E-state index in [-0.39, 0.29) is 28.7 Å². The molecule has 0 aromatic carbocycles. The smallest absolute Gasteiger partial charge is 0.383 e. The predicted molar refractivity (Wildman–Crippen MR) is 126 cm³/mol. The average Bonchev–Trinajstić information content (AvgIpc) is 3.33. The van der Waals surface area contributed by atoms with Crippen LogP contribution in [-0.4, -0.2) is 35.2 Å². The molecule has 1 aliphatic heterocycles. The van der Waals surface area contributed by atoms with E-state index in [1.165, 1.54) is 13.0 Å². The van der Waals surface area contributed by atoms with Gasteiger partial charge in [0.05, 0.1) is 28.2 Å². The first kappa shape index (κ1) is 23.6. The number of fused-ring (bicyclic) bond motifs is 2. The van der Waals surface area contributed by atoms with Gasteiger partial charge in [-0.05, 0) is 38.8 Å². The summed E-state index contributed by atoms with van der Waals surface area (Å²) < 4.78 is 40.9. The number of amides is 1. The van der Waals surface area contributed by atoms with Gasteiger partial charge < -0.3 is 15.5 Å². The molecule has 0 radical (unpaired) electrons. The van der Waals surface area contributed by atoms with Crippen molar-refractivity contribution in [3.8, 4) is 11.5 Å². The number of nitrogens with two attached hydrogens (primary N) is 1. The van der Waals surface area contributed by atoms with Gasteiger partial charge in [-0.2, -0.15) is 13.2 Å². The van der Waals surface area contributed by atoms with Crippen LogP contribution in [0.2, 0.25) is 0 Å². The third-order valence-corrected chi connectivity index (χ3v) is 6.35. The minimum atomic E-state index is -4.54. The molecule has 5 rings (SSSR count). The number of nitrogens with zero attached hydrogens (tertiary/aromatic N) is 6. The van der Waals surface area contributed by atoms with Gasteiger partial charge in [-0.25, -0.2) is 19.9 Å². The number of anilines is 2. The van der Waals surface area contributed by atoms with E-state index in [2.05, 4.69) is 32.2 Å². The van der Waals surface area contributed by atoms with Gasteiger partial charge in [0.2, 0.25) is 5.91 Å². The van der Waals surface area contributed by atoms with Gasteiger partial charge in [0.15, 0.2) is 11.5 Å². The first-order valence-electron chi connectivity index (χ1n) is 11.4. The quantitative estimate of drug-likeness (QED) is 0.426. The Kier molecular flexibility index (Phi) is 5.42. The Morgan fingerprint density at radius 2 is 1.92 bits per heavy atom. The van der Waals surface area contributed by atoms with Crippen LogP contribution >= 0.6 is 0 Å². The molecule has 4 aromatic heterocycles. The highest BCUT2D eigenvalue weighted by atomic mass is 19.4. The minimum absolute atomic E-state index is 0.0105. The molecule has 9 nitrogen and oxygen atoms in total. The summed E-state index contributed by atoms with van der Waals surface area (Å²) in [6, 6.07) is 2.05. The van der Waals surface area contributed by atoms with Crippen LogP contribution in [0.15, 0.2) is 30.7 Å². The van der Waals surface area contributed by atoms with E-state index < -0.39 is 23.1 Å². The Morgan fingerprint density at radius 1 is 1.14 bits per heavy atom. The number of alkyl halides is 3. The molecule has 186 valence electrons. The molecule has 5 heterocycles. The molecule has 0 bridgehead atoms. The lowest BCUT2D eigenvalue weighted by Gasteiger charge is -2.22. The number of pyridine rings is 1. The Bertz CT molecular complexity index is 1500. The molecule has 12 heteroatoms. The lowest BCUT2D eigenvalue weighted by Crippen LogP contribution is -2.34. The number of aromatic nitrogens is 6. The van der Waals surface area contributed by atoms with Crippen LogP contribution in [-0.2, 0) is 22.8 Å². The Morgan fingerprint density at radius 3 is 2.58 bits per heavy atom. The summed E-state index contributed by atoms with van der Waals surface area (Å²) in [7, 11) is 0. The monoisotopic (exact) mass is 496 g/mol. The van der Waals surface area contributed by atoms with E-state index in [0.717, 1.165) is 42.4 Å². The van der Waals surface area contributed by atoms with Crippen LogP contribution in [0.5, 0.6) is 0 Å². The second-order valence-corrected chi connectivity index (χ2v) is 8.95. The maximum atomic E-state index is 13.1. The van der Waals surface area contributed by atoms with Crippen molar-refractivity contribution < 1.29 is 18.0 Å². The van der Waals surface area contributed by atoms with Crippen LogP contribution in [0.1, 0.15) is 54.9 Å². The number of imidazole rings is 1. The molecule has 0 spiro atoms. The zero-order chi connectivity index (χ0) is 25.8. The van der Waals surface area contributed by atoms with Crippen LogP contribution < -0.4 is 11.1 Å². The molecule has 1 aliphatic rings. The van der Waals surface area contributed by atoms with Gasteiger partial charge in [0, 0.05) is 18.6 Å². The predicted octanol–water partition coefficient (Wildman–Crippen LogP) is 4.09. The highest BCUT2D eigenvalue weighted by Crippen LogP contribution is 2.44. The van der Waals surface area contributed by atoms with Gasteiger partial charge in [0.25, 0.3) is 0 Å². The van der Waals surface area contributed by atoms with E-state index >= 15 is 0 Å². The van der Waals surface area contributed by atoms with Crippen molar-refractivity contribution in [2.45, 2.75) is 51.6 Å². The van der Waals surface area contributed by atoms with Crippen LogP contribution in [0, 0.1) is 6.92 Å². The maximum Gasteiger partial charge on any atom is 0.417 e. The Balaban J connectivity index is 1.60. The number of nitrogen functional groups attached to an aromatic ring is 1. The number of halogens is 3. The third kappa shape index (κ3) is 3.73. The zero-order valence-corrected chi connectivity index (χ0v) is 19.8. The number of hydrogen-bond donors (Lipinski definition) is 2. The summed E-state index contributed by atoms with van der Waals surface area (Å²) in [4.78, 5) is 35.2. The summed E-state index contributed by atoms with van der Waals surface area (Å²) >= 11 is 0. The summed E-state index contributed by atoms with van der Waals surface area (Å²) in [5.41, 5.74) is 7.16. The molecule has 0 fully saturated rings. The third-order valence-electron chi connectivity index (χ3n) is 6.35. The number of carbonyl (C=O) groups is 1. The normalized spacial score (nSPS) is 17.4. The molecule has 4 aromatic rings. The second-order valence-electron chi connectivity index (χ2n) is 8.95. The highest BCUT2D eigenvalue weighted by molar-refractivity contribution is 6.08. The Hall–Kier alpha value is -4.09. The molecule has 1 unspecified atom stereocenters. The summed E-state index contributed by atoms with van der Waals surface area (Å²) in [5.74, 6) is -0.121. The molecule has 1 amide bonds. The van der Waals surface area contributed by atoms with E-state index in [0.29, 0.717) is 11.9 Å². The van der Waals surface area contributed by atoms with Gasteiger partial charge in [-0.15, -0.1) is 0 Å². The molecule has 3 N–H and O–H groups in total. The lowest BCUT2D eigenvalue weighted by atomic mass is 9.80. The molecule has 36 heavy (non-hydrogen) atoms. The van der Waals surface area contributed by atoms with Gasteiger partial charge in [-0.3, -0.25) is 9.78 Å². The van der Waals surface area contributed by atoms with Crippen molar-refractivity contribution in [1.29, 1.82) is 0 Å². The number of unbranched alkanes of at least 4 members (excludes halogenated alkanes) is 1. The first-order valence-corrected chi connectivity index (χ1v) is 11.4. The maximum absolute atomic E-state index is 13.1. The zero-order valence-electron chi connectivity index (χ0n) is 19.8. The molecule has 0 aliphatic carbocycles. The van der Waals surface area contributed by atoms with E-state index in [4.69, 9.17) is 10.7 Å². The summed E-state index contributed by atoms with van der Waals surface area (Å²) in [5, 5.41) is 2.69. The van der Waals surface area contributed by atoms with Crippen LogP contribution in [0.3, 0.4) is 0 Å². The summed E-state index contributed by atoms with van der Waals surface area (Å²) in [6.07, 6.45) is 2.42. The molecule has 0 saturated heterocycles. The van der Waals surface area contributed by atoms with Crippen LogP contribution in [0.4, 0.5) is 24.8 Å². The van der Waals surface area contributed by atoms with E-state index in [9.17, 15) is 18.0 Å². The molecular weight excluding hydrogens is 473 g/mol. The van der Waals surface area contributed by atoms with Crippen molar-refractivity contribution in [3.63, 3.8) is 0 Å². The minimum Gasteiger partial charge on any atom is -0.383 e. The van der Waals surface area contributed by atoms with Crippen molar-refractivity contribution in [2.24, 2.45) is 0 Å². The topological polar surface area (TPSA) is 124 Å². The highest BCUT2D eigenvalue weighted by Gasteiger charge is 2.49. The number of aryl methyl sites for hydroxylation is 2. The fraction of sp³-hybridized carbons (Fsp3) is 0.333. The van der Waals surface area contributed by atoms with Crippen molar-refractivity contribution >= 4 is 23.2 Å². The van der Waals surface area contributed by atoms with E-state index in [1.807, 2.05) is 17.5 Å². The number of nitrogens with one attached hydrogen (secondary N) is 1. The molecule has 0 saturated carbocycles. The average molecular weight is 496 g/mol. The Labute approximate surface area is 204 Å². The molecule has 1 atom stereocenters. The van der Waals surface area contributed by atoms with Crippen LogP contribution in [0.25, 0.3) is 17.2 Å². The fourth-order valence-electron chi connectivity index (χ4n) is 4.43. The van der Waals surface area contributed by atoms with E-state index in [1.54, 1.807) is 6.20 Å². The van der Waals surface area contributed by atoms with Crippen molar-refractivity contribution in [1.82, 2.24) is 29.3 Å². The van der Waals surface area contributed by atoms with Gasteiger partial charge in [0.1, 0.15) is 22.7 Å². The number of carbonyl (C=O) groups excluding carboxylic acids is 1. The standard InChI is InChI=1S/C24H23F3N8O/c1-4-5-6-14-21-30-12(2)10-35(21)11-15(31-14)19-32-18(28)17-20(33-19)34-22(36)23(17,3)16-8-7-13(9-29-16)24(25,26)27/h7-11H,4-6H2,1-3H3,(H3,28,32,33,34,36). The van der Waals surface area contributed by atoms with Gasteiger partial charge in [-0.1, -0.05) is 13.3 Å². The van der Waals surface area contributed by atoms with Crippen molar-refractivity contribution in [2.75, 3.05) is 11.1 Å². The number of rotatable bonds is 5. The largest absolute Gasteiger partial charge is 0.417 e. The summed E-state index contributed by atoms with van der Waals surface area (Å²) in [6.45, 7) is 5.52. The molecular formula is C24H23F3N8O. The number of hydrogen-bond acceptors (Lipinski definition) is 7. The fourth-order valence-corrected chi connectivity index (χ4v) is 4.43. The first-order chi connectivity index (χ1) is 17.0. The second kappa shape index (κ2) is 8.25. The SMILES string of the molecule is CCCCc1nc(-c2nc(N)c3c(n2)NC(=O)C3(C)c2ccc(C(F)(F)F)cn2)cn2cc(C)nc12. The van der Waals surface area contributed by atoms with Gasteiger partial charge >= 0.3 is 6.18 Å². The van der Waals surface area contributed by atoms with Crippen molar-refractivity contribution in [3.05, 3.63) is 58.9 Å². The lowest BCUT2D eigenvalue weighted by molar-refractivity contribution is -0.137.